The minimum atomic E-state index is -0.197. The largest absolute Gasteiger partial charge is 0.459 e. The van der Waals surface area contributed by atoms with Gasteiger partial charge in [-0.1, -0.05) is 0 Å². The van der Waals surface area contributed by atoms with Gasteiger partial charge in [-0.25, -0.2) is 4.98 Å². The molecule has 5 nitrogen and oxygen atoms in total. The molecule has 1 amide bonds. The highest BCUT2D eigenvalue weighted by Gasteiger charge is 2.13. The molecule has 0 aromatic carbocycles. The molecule has 0 atom stereocenters. The lowest BCUT2D eigenvalue weighted by molar-refractivity contribution is 0.0946. The SMILES string of the molecule is Cc1ccc(-c2nc(C(=O)NCc3ccncc3)cs2)o1. The molecule has 0 aliphatic carbocycles. The highest BCUT2D eigenvalue weighted by atomic mass is 32.1. The molecule has 3 aromatic rings. The zero-order valence-corrected chi connectivity index (χ0v) is 12.2. The molecule has 3 aromatic heterocycles. The van der Waals surface area contributed by atoms with E-state index in [-0.39, 0.29) is 5.91 Å². The Labute approximate surface area is 125 Å². The Bertz CT molecular complexity index is 749. The number of thiazole rings is 1. The molecule has 106 valence electrons. The van der Waals surface area contributed by atoms with Crippen molar-refractivity contribution in [3.8, 4) is 10.8 Å². The number of amides is 1. The zero-order chi connectivity index (χ0) is 14.7. The molecule has 21 heavy (non-hydrogen) atoms. The number of aryl methyl sites for hydroxylation is 1. The first-order valence-corrected chi connectivity index (χ1v) is 7.30. The van der Waals surface area contributed by atoms with Crippen LogP contribution in [0.4, 0.5) is 0 Å². The van der Waals surface area contributed by atoms with Crippen LogP contribution in [0.5, 0.6) is 0 Å². The second-order valence-electron chi connectivity index (χ2n) is 4.49. The first kappa shape index (κ1) is 13.5. The average Bonchev–Trinajstić information content (AvgIpc) is 3.14. The Morgan fingerprint density at radius 3 is 2.81 bits per heavy atom. The summed E-state index contributed by atoms with van der Waals surface area (Å²) in [4.78, 5) is 20.3. The minimum Gasteiger partial charge on any atom is -0.459 e. The van der Waals surface area contributed by atoms with Gasteiger partial charge >= 0.3 is 0 Å². The van der Waals surface area contributed by atoms with Crippen molar-refractivity contribution in [1.29, 1.82) is 0 Å². The van der Waals surface area contributed by atoms with Gasteiger partial charge in [0.1, 0.15) is 11.5 Å². The van der Waals surface area contributed by atoms with Crippen LogP contribution in [0.3, 0.4) is 0 Å². The van der Waals surface area contributed by atoms with Crippen molar-refractivity contribution in [3.05, 3.63) is 59.1 Å². The minimum absolute atomic E-state index is 0.197. The van der Waals surface area contributed by atoms with E-state index in [0.717, 1.165) is 11.3 Å². The molecule has 3 heterocycles. The number of aromatic nitrogens is 2. The van der Waals surface area contributed by atoms with Crippen molar-refractivity contribution in [1.82, 2.24) is 15.3 Å². The van der Waals surface area contributed by atoms with Gasteiger partial charge in [-0.15, -0.1) is 11.3 Å². The topological polar surface area (TPSA) is 68.0 Å². The fraction of sp³-hybridized carbons (Fsp3) is 0.133. The second-order valence-corrected chi connectivity index (χ2v) is 5.34. The molecule has 0 spiro atoms. The molecule has 0 bridgehead atoms. The van der Waals surface area contributed by atoms with Crippen molar-refractivity contribution in [2.75, 3.05) is 0 Å². The normalized spacial score (nSPS) is 10.5. The maximum Gasteiger partial charge on any atom is 0.271 e. The first-order valence-electron chi connectivity index (χ1n) is 6.42. The van der Waals surface area contributed by atoms with Gasteiger partial charge in [-0.3, -0.25) is 9.78 Å². The third kappa shape index (κ3) is 3.17. The van der Waals surface area contributed by atoms with Crippen LogP contribution < -0.4 is 5.32 Å². The van der Waals surface area contributed by atoms with E-state index in [2.05, 4.69) is 15.3 Å². The van der Waals surface area contributed by atoms with Gasteiger partial charge < -0.3 is 9.73 Å². The molecule has 0 aliphatic heterocycles. The van der Waals surface area contributed by atoms with Crippen LogP contribution in [0.2, 0.25) is 0 Å². The number of nitrogens with zero attached hydrogens (tertiary/aromatic N) is 2. The van der Waals surface area contributed by atoms with E-state index in [4.69, 9.17) is 4.42 Å². The lowest BCUT2D eigenvalue weighted by Crippen LogP contribution is -2.23. The van der Waals surface area contributed by atoms with Gasteiger partial charge in [0.05, 0.1) is 0 Å². The van der Waals surface area contributed by atoms with E-state index < -0.39 is 0 Å². The van der Waals surface area contributed by atoms with Gasteiger partial charge in [0.2, 0.25) is 0 Å². The average molecular weight is 299 g/mol. The maximum atomic E-state index is 12.1. The van der Waals surface area contributed by atoms with Crippen LogP contribution in [0.15, 0.2) is 46.5 Å². The van der Waals surface area contributed by atoms with Gasteiger partial charge in [0.15, 0.2) is 10.8 Å². The van der Waals surface area contributed by atoms with E-state index in [1.54, 1.807) is 17.8 Å². The van der Waals surface area contributed by atoms with Crippen LogP contribution in [-0.2, 0) is 6.54 Å². The summed E-state index contributed by atoms with van der Waals surface area (Å²) in [6.45, 7) is 2.33. The summed E-state index contributed by atoms with van der Waals surface area (Å²) in [6.07, 6.45) is 3.39. The standard InChI is InChI=1S/C15H13N3O2S/c1-10-2-3-13(20-10)15-18-12(9-21-15)14(19)17-8-11-4-6-16-7-5-11/h2-7,9H,8H2,1H3,(H,17,19). The summed E-state index contributed by atoms with van der Waals surface area (Å²) in [5.74, 6) is 1.31. The summed E-state index contributed by atoms with van der Waals surface area (Å²) in [5, 5.41) is 5.27. The van der Waals surface area contributed by atoms with Crippen LogP contribution in [-0.4, -0.2) is 15.9 Å². The fourth-order valence-electron chi connectivity index (χ4n) is 1.81. The number of nitrogens with one attached hydrogen (secondary N) is 1. The molecule has 1 N–H and O–H groups in total. The van der Waals surface area contributed by atoms with Crippen LogP contribution in [0.1, 0.15) is 21.8 Å². The van der Waals surface area contributed by atoms with Gasteiger partial charge in [-0.05, 0) is 36.8 Å². The van der Waals surface area contributed by atoms with E-state index in [1.165, 1.54) is 11.3 Å². The number of hydrogen-bond acceptors (Lipinski definition) is 5. The van der Waals surface area contributed by atoms with Crippen molar-refractivity contribution in [3.63, 3.8) is 0 Å². The Morgan fingerprint density at radius 1 is 1.29 bits per heavy atom. The summed E-state index contributed by atoms with van der Waals surface area (Å²) < 4.78 is 5.50. The highest BCUT2D eigenvalue weighted by Crippen LogP contribution is 2.25. The molecule has 0 saturated heterocycles. The molecule has 0 unspecified atom stereocenters. The Morgan fingerprint density at radius 2 is 2.10 bits per heavy atom. The third-order valence-corrected chi connectivity index (χ3v) is 3.75. The van der Waals surface area contributed by atoms with Crippen molar-refractivity contribution >= 4 is 17.2 Å². The molecule has 0 radical (unpaired) electrons. The number of pyridine rings is 1. The Kier molecular flexibility index (Phi) is 3.79. The van der Waals surface area contributed by atoms with Crippen LogP contribution in [0.25, 0.3) is 10.8 Å². The first-order chi connectivity index (χ1) is 10.2. The van der Waals surface area contributed by atoms with Crippen molar-refractivity contribution in [2.24, 2.45) is 0 Å². The Hall–Kier alpha value is -2.47. The fourth-order valence-corrected chi connectivity index (χ4v) is 2.57. The predicted molar refractivity (Wildman–Crippen MR) is 80.0 cm³/mol. The van der Waals surface area contributed by atoms with Crippen molar-refractivity contribution in [2.45, 2.75) is 13.5 Å². The lowest BCUT2D eigenvalue weighted by Gasteiger charge is -2.02. The number of carbonyl (C=O) groups is 1. The molecule has 0 saturated carbocycles. The van der Waals surface area contributed by atoms with Crippen molar-refractivity contribution < 1.29 is 9.21 Å². The van der Waals surface area contributed by atoms with E-state index in [9.17, 15) is 4.79 Å². The number of carbonyl (C=O) groups excluding carboxylic acids is 1. The highest BCUT2D eigenvalue weighted by molar-refractivity contribution is 7.13. The molecular weight excluding hydrogens is 286 g/mol. The second kappa shape index (κ2) is 5.88. The Balaban J connectivity index is 1.67. The molecule has 6 heteroatoms. The molecule has 0 aliphatic rings. The lowest BCUT2D eigenvalue weighted by atomic mass is 10.2. The molecule has 3 rings (SSSR count). The number of rotatable bonds is 4. The smallest absolute Gasteiger partial charge is 0.271 e. The molecular formula is C15H13N3O2S. The zero-order valence-electron chi connectivity index (χ0n) is 11.4. The number of furan rings is 1. The van der Waals surface area contributed by atoms with E-state index in [1.807, 2.05) is 31.2 Å². The van der Waals surface area contributed by atoms with Gasteiger partial charge in [0.25, 0.3) is 5.91 Å². The third-order valence-electron chi connectivity index (χ3n) is 2.89. The monoisotopic (exact) mass is 299 g/mol. The summed E-state index contributed by atoms with van der Waals surface area (Å²) in [5.41, 5.74) is 1.40. The van der Waals surface area contributed by atoms with Crippen LogP contribution in [0, 0.1) is 6.92 Å². The van der Waals surface area contributed by atoms with Gasteiger partial charge in [-0.2, -0.15) is 0 Å². The quantitative estimate of drug-likeness (QED) is 0.804. The predicted octanol–water partition coefficient (Wildman–Crippen LogP) is 3.04. The summed E-state index contributed by atoms with van der Waals surface area (Å²) in [6, 6.07) is 7.45. The maximum absolute atomic E-state index is 12.1. The van der Waals surface area contributed by atoms with Gasteiger partial charge in [0, 0.05) is 24.3 Å². The summed E-state index contributed by atoms with van der Waals surface area (Å²) >= 11 is 1.39. The molecule has 0 fully saturated rings. The van der Waals surface area contributed by atoms with E-state index in [0.29, 0.717) is 23.0 Å². The summed E-state index contributed by atoms with van der Waals surface area (Å²) in [7, 11) is 0. The van der Waals surface area contributed by atoms with Crippen LogP contribution >= 0.6 is 11.3 Å². The number of hydrogen-bond donors (Lipinski definition) is 1. The van der Waals surface area contributed by atoms with E-state index >= 15 is 0 Å².